The first kappa shape index (κ1) is 60.2. The Morgan fingerprint density at radius 2 is 0.885 bits per heavy atom. The molecule has 1 amide bonds. The van der Waals surface area contributed by atoms with E-state index in [1.54, 1.807) is 6.08 Å². The smallest absolute Gasteiger partial charge is 0.268 e. The van der Waals surface area contributed by atoms with Gasteiger partial charge in [0.05, 0.1) is 39.9 Å². The molecule has 2 N–H and O–H groups in total. The maximum atomic E-state index is 12.8. The lowest BCUT2D eigenvalue weighted by Crippen LogP contribution is -2.45. The van der Waals surface area contributed by atoms with Gasteiger partial charge in [0.15, 0.2) is 0 Å². The number of carbonyl (C=O) groups is 1. The van der Waals surface area contributed by atoms with Crippen molar-refractivity contribution in [2.45, 2.75) is 276 Å². The van der Waals surface area contributed by atoms with Crippen LogP contribution in [0, 0.1) is 0 Å². The third kappa shape index (κ3) is 47.0. The van der Waals surface area contributed by atoms with Gasteiger partial charge in [-0.1, -0.05) is 251 Å². The van der Waals surface area contributed by atoms with Crippen molar-refractivity contribution < 1.29 is 32.9 Å². The number of nitrogens with one attached hydrogen (secondary N) is 1. The van der Waals surface area contributed by atoms with Gasteiger partial charge in [0.1, 0.15) is 13.2 Å². The van der Waals surface area contributed by atoms with Crippen LogP contribution in [-0.2, 0) is 18.4 Å². The fourth-order valence-electron chi connectivity index (χ4n) is 8.04. The molecule has 0 saturated heterocycles. The minimum Gasteiger partial charge on any atom is -0.756 e. The maximum Gasteiger partial charge on any atom is 0.268 e. The predicted molar refractivity (Wildman–Crippen MR) is 261 cm³/mol. The average Bonchev–Trinajstić information content (AvgIpc) is 3.21. The van der Waals surface area contributed by atoms with Gasteiger partial charge in [0.25, 0.3) is 7.82 Å². The van der Waals surface area contributed by atoms with Gasteiger partial charge < -0.3 is 28.8 Å². The van der Waals surface area contributed by atoms with E-state index in [1.165, 1.54) is 205 Å². The Balaban J connectivity index is 3.83. The number of rotatable bonds is 49. The van der Waals surface area contributed by atoms with Gasteiger partial charge in [-0.2, -0.15) is 0 Å². The monoisotopic (exact) mass is 885 g/mol. The van der Waals surface area contributed by atoms with Gasteiger partial charge in [0.2, 0.25) is 5.91 Å². The molecule has 9 heteroatoms. The number of carbonyl (C=O) groups excluding carboxylic acids is 1. The van der Waals surface area contributed by atoms with E-state index in [2.05, 4.69) is 19.2 Å². The zero-order valence-corrected chi connectivity index (χ0v) is 42.3. The van der Waals surface area contributed by atoms with Crippen molar-refractivity contribution in [3.63, 3.8) is 0 Å². The molecule has 0 spiro atoms. The molecule has 8 nitrogen and oxygen atoms in total. The molecule has 0 bridgehead atoms. The molecule has 0 aliphatic heterocycles. The van der Waals surface area contributed by atoms with Crippen molar-refractivity contribution in [3.8, 4) is 0 Å². The number of phosphoric acid groups is 1. The largest absolute Gasteiger partial charge is 0.756 e. The summed E-state index contributed by atoms with van der Waals surface area (Å²) in [5.41, 5.74) is 0. The fraction of sp³-hybridized carbons (Fsp3) is 0.942. The van der Waals surface area contributed by atoms with Crippen LogP contribution in [0.4, 0.5) is 0 Å². The van der Waals surface area contributed by atoms with Crippen LogP contribution < -0.4 is 10.2 Å². The molecule has 0 saturated carbocycles. The third-order valence-corrected chi connectivity index (χ3v) is 13.2. The van der Waals surface area contributed by atoms with Crippen LogP contribution >= 0.6 is 7.82 Å². The molecular weight excluding hydrogens is 780 g/mol. The number of hydrogen-bond donors (Lipinski definition) is 2. The summed E-state index contributed by atoms with van der Waals surface area (Å²) in [7, 11) is 1.27. The van der Waals surface area contributed by atoms with E-state index in [9.17, 15) is 19.4 Å². The molecule has 0 aliphatic carbocycles. The van der Waals surface area contributed by atoms with Gasteiger partial charge in [0, 0.05) is 6.42 Å². The van der Waals surface area contributed by atoms with Crippen LogP contribution in [-0.4, -0.2) is 68.5 Å². The van der Waals surface area contributed by atoms with Crippen molar-refractivity contribution in [2.75, 3.05) is 40.9 Å². The van der Waals surface area contributed by atoms with Crippen molar-refractivity contribution in [1.82, 2.24) is 5.32 Å². The summed E-state index contributed by atoms with van der Waals surface area (Å²) in [5.74, 6) is -0.196. The van der Waals surface area contributed by atoms with Crippen LogP contribution in [0.3, 0.4) is 0 Å². The zero-order chi connectivity index (χ0) is 45.0. The Morgan fingerprint density at radius 3 is 1.23 bits per heavy atom. The molecule has 364 valence electrons. The third-order valence-electron chi connectivity index (χ3n) is 12.2. The summed E-state index contributed by atoms with van der Waals surface area (Å²) in [4.78, 5) is 25.2. The Bertz CT molecular complexity index is 1000. The molecule has 0 fully saturated rings. The Kier molecular flexibility index (Phi) is 43.9. The van der Waals surface area contributed by atoms with Gasteiger partial charge in [-0.15, -0.1) is 0 Å². The lowest BCUT2D eigenvalue weighted by atomic mass is 10.0. The molecular formula is C52H105N2O6P. The van der Waals surface area contributed by atoms with E-state index in [0.717, 1.165) is 38.5 Å². The molecule has 0 aromatic carbocycles. The molecule has 0 aromatic rings. The van der Waals surface area contributed by atoms with Gasteiger partial charge in [-0.3, -0.25) is 9.36 Å². The predicted octanol–water partition coefficient (Wildman–Crippen LogP) is 14.8. The lowest BCUT2D eigenvalue weighted by Gasteiger charge is -2.29. The highest BCUT2D eigenvalue weighted by atomic mass is 31.2. The van der Waals surface area contributed by atoms with E-state index in [4.69, 9.17) is 9.05 Å². The van der Waals surface area contributed by atoms with Gasteiger partial charge >= 0.3 is 0 Å². The Hall–Kier alpha value is -0.760. The number of phosphoric ester groups is 1. The van der Waals surface area contributed by atoms with Crippen molar-refractivity contribution in [1.29, 1.82) is 0 Å². The van der Waals surface area contributed by atoms with Crippen molar-refractivity contribution in [3.05, 3.63) is 12.2 Å². The average molecular weight is 885 g/mol. The van der Waals surface area contributed by atoms with E-state index in [0.29, 0.717) is 17.4 Å². The molecule has 0 heterocycles. The second-order valence-corrected chi connectivity index (χ2v) is 21.0. The number of amides is 1. The van der Waals surface area contributed by atoms with Crippen LogP contribution in [0.5, 0.6) is 0 Å². The molecule has 0 aliphatic rings. The number of likely N-dealkylation sites (N-methyl/N-ethyl adjacent to an activating group) is 1. The van der Waals surface area contributed by atoms with Gasteiger partial charge in [-0.05, 0) is 19.3 Å². The Labute approximate surface area is 380 Å². The standard InChI is InChI=1S/C52H105N2O6P/c1-6-8-10-12-14-15-16-17-18-19-20-21-22-23-24-25-26-27-28-29-30-31-32-33-34-35-36-37-38-40-42-44-46-52(56)53-50(51(55)45-43-41-39-13-11-9-7-2)49-60-61(57,58)59-48-47-54(3,4)5/h43,45,50-51,55H,6-42,44,46-49H2,1-5H3,(H-,53,56,57,58)/b45-43+. The quantitative estimate of drug-likeness (QED) is 0.0273. The molecule has 3 atom stereocenters. The van der Waals surface area contributed by atoms with Gasteiger partial charge in [-0.25, -0.2) is 0 Å². The maximum absolute atomic E-state index is 12.8. The van der Waals surface area contributed by atoms with Crippen LogP contribution in [0.25, 0.3) is 0 Å². The van der Waals surface area contributed by atoms with E-state index in [1.807, 2.05) is 27.2 Å². The van der Waals surface area contributed by atoms with Crippen LogP contribution in [0.15, 0.2) is 12.2 Å². The first-order chi connectivity index (χ1) is 29.5. The van der Waals surface area contributed by atoms with E-state index in [-0.39, 0.29) is 19.1 Å². The summed E-state index contributed by atoms with van der Waals surface area (Å²) >= 11 is 0. The van der Waals surface area contributed by atoms with E-state index < -0.39 is 20.0 Å². The normalized spacial score (nSPS) is 14.1. The van der Waals surface area contributed by atoms with Crippen molar-refractivity contribution >= 4 is 13.7 Å². The number of nitrogens with zero attached hydrogens (tertiary/aromatic N) is 1. The lowest BCUT2D eigenvalue weighted by molar-refractivity contribution is -0.870. The molecule has 0 radical (unpaired) electrons. The molecule has 0 rings (SSSR count). The zero-order valence-electron chi connectivity index (χ0n) is 41.4. The topological polar surface area (TPSA) is 108 Å². The highest BCUT2D eigenvalue weighted by Crippen LogP contribution is 2.38. The van der Waals surface area contributed by atoms with Crippen LogP contribution in [0.1, 0.15) is 264 Å². The first-order valence-corrected chi connectivity index (χ1v) is 28.0. The summed E-state index contributed by atoms with van der Waals surface area (Å²) < 4.78 is 23.1. The van der Waals surface area contributed by atoms with E-state index >= 15 is 0 Å². The summed E-state index contributed by atoms with van der Waals surface area (Å²) in [6.07, 6.45) is 53.3. The molecule has 3 unspecified atom stereocenters. The second kappa shape index (κ2) is 44.4. The summed E-state index contributed by atoms with van der Waals surface area (Å²) in [5, 5.41) is 13.7. The fourth-order valence-corrected chi connectivity index (χ4v) is 8.76. The number of aliphatic hydroxyl groups is 1. The molecule has 61 heavy (non-hydrogen) atoms. The number of hydrogen-bond acceptors (Lipinski definition) is 6. The van der Waals surface area contributed by atoms with Crippen LogP contribution in [0.2, 0.25) is 0 Å². The number of quaternary nitrogens is 1. The number of unbranched alkanes of at least 4 members (excludes halogenated alkanes) is 36. The second-order valence-electron chi connectivity index (χ2n) is 19.6. The number of aliphatic hydroxyl groups excluding tert-OH is 1. The summed E-state index contributed by atoms with van der Waals surface area (Å²) in [6, 6.07) is -0.878. The summed E-state index contributed by atoms with van der Waals surface area (Å²) in [6.45, 7) is 4.61. The van der Waals surface area contributed by atoms with Crippen molar-refractivity contribution in [2.24, 2.45) is 0 Å². The SMILES string of the molecule is CCCCCCC/C=C/C(O)C(COP(=O)([O-])OCC[N+](C)(C)C)NC(=O)CCCCCCCCCCCCCCCCCCCCCCCCCCCCCCCCCC. The highest BCUT2D eigenvalue weighted by molar-refractivity contribution is 7.45. The minimum absolute atomic E-state index is 0.00149. The molecule has 0 aromatic heterocycles. The highest BCUT2D eigenvalue weighted by Gasteiger charge is 2.23. The number of allylic oxidation sites excluding steroid dienone is 1. The first-order valence-electron chi connectivity index (χ1n) is 26.6. The minimum atomic E-state index is -4.57. The Morgan fingerprint density at radius 1 is 0.557 bits per heavy atom.